The van der Waals surface area contributed by atoms with Crippen LogP contribution >= 0.6 is 0 Å². The number of unbranched alkanes of at least 4 members (excludes halogenated alkanes) is 1. The number of carboxylic acid groups (broad SMARTS) is 1. The van der Waals surface area contributed by atoms with Gasteiger partial charge in [0.15, 0.2) is 16.8 Å². The fourth-order valence-corrected chi connectivity index (χ4v) is 9.68. The summed E-state index contributed by atoms with van der Waals surface area (Å²) < 4.78 is 0. The summed E-state index contributed by atoms with van der Waals surface area (Å²) in [7, 11) is -2.61. The summed E-state index contributed by atoms with van der Waals surface area (Å²) in [5, 5.41) is 67.6. The number of ketones is 2. The van der Waals surface area contributed by atoms with Gasteiger partial charge in [-0.2, -0.15) is 0 Å². The van der Waals surface area contributed by atoms with Crippen LogP contribution < -0.4 is 16.4 Å². The SMILES string of the molecule is C[C@@H]1C(=O)C(C(=O)NCNC(CCCCN)C(=O)O)=C(O)[C@@]2(O)C(=O)C3=C(O)c4c(O)cccc4[C@@](C)(O)[C@H]3C[Si]12. The van der Waals surface area contributed by atoms with Crippen molar-refractivity contribution in [3.8, 4) is 5.75 Å². The number of carboxylic acids is 1. The fourth-order valence-electron chi connectivity index (χ4n) is 6.04. The number of aromatic hydroxyl groups is 1. The van der Waals surface area contributed by atoms with Crippen LogP contribution in [0.15, 0.2) is 35.1 Å². The minimum atomic E-state index is -2.69. The highest BCUT2D eigenvalue weighted by Crippen LogP contribution is 2.56. The number of aliphatic hydroxyl groups excluding tert-OH is 2. The Morgan fingerprint density at radius 3 is 2.49 bits per heavy atom. The van der Waals surface area contributed by atoms with Crippen LogP contribution in [0, 0.1) is 5.92 Å². The van der Waals surface area contributed by atoms with E-state index < -0.39 is 95.6 Å². The first-order chi connectivity index (χ1) is 19.2. The molecule has 1 aromatic carbocycles. The number of phenols is 1. The Balaban J connectivity index is 1.69. The van der Waals surface area contributed by atoms with Gasteiger partial charge in [0, 0.05) is 17.0 Å². The highest BCUT2D eigenvalue weighted by Gasteiger charge is 2.66. The summed E-state index contributed by atoms with van der Waals surface area (Å²) in [5.41, 5.74) is 1.30. The quantitative estimate of drug-likeness (QED) is 0.0794. The third kappa shape index (κ3) is 4.74. The number of benzene rings is 1. The molecule has 5 atom stereocenters. The highest BCUT2D eigenvalue weighted by molar-refractivity contribution is 6.76. The molecule has 1 fully saturated rings. The molecule has 1 aromatic rings. The number of carbonyl (C=O) groups excluding carboxylic acids is 3. The number of aliphatic carboxylic acids is 1. The van der Waals surface area contributed by atoms with E-state index in [9.17, 15) is 49.8 Å². The molecule has 41 heavy (non-hydrogen) atoms. The van der Waals surface area contributed by atoms with Gasteiger partial charge in [-0.3, -0.25) is 24.5 Å². The molecule has 10 N–H and O–H groups in total. The summed E-state index contributed by atoms with van der Waals surface area (Å²) in [4.78, 5) is 51.8. The lowest BCUT2D eigenvalue weighted by Gasteiger charge is -2.51. The van der Waals surface area contributed by atoms with Crippen molar-refractivity contribution in [2.24, 2.45) is 11.7 Å². The zero-order chi connectivity index (χ0) is 30.4. The number of nitrogens with one attached hydrogen (secondary N) is 2. The second-order valence-electron chi connectivity index (χ2n) is 10.8. The second kappa shape index (κ2) is 11.0. The summed E-state index contributed by atoms with van der Waals surface area (Å²) in [6.07, 6.45) is 1.36. The van der Waals surface area contributed by atoms with Crippen LogP contribution in [0.5, 0.6) is 5.75 Å². The first-order valence-electron chi connectivity index (χ1n) is 13.2. The smallest absolute Gasteiger partial charge is 0.320 e. The van der Waals surface area contributed by atoms with Gasteiger partial charge in [-0.15, -0.1) is 0 Å². The number of hydrogen-bond donors (Lipinski definition) is 9. The Morgan fingerprint density at radius 1 is 1.17 bits per heavy atom. The van der Waals surface area contributed by atoms with Crippen LogP contribution in [0.3, 0.4) is 0 Å². The molecule has 0 aromatic heterocycles. The average Bonchev–Trinajstić information content (AvgIpc) is 2.91. The van der Waals surface area contributed by atoms with Crippen LogP contribution in [0.4, 0.5) is 0 Å². The van der Waals surface area contributed by atoms with Crippen LogP contribution in [-0.4, -0.2) is 87.4 Å². The Morgan fingerprint density at radius 2 is 1.85 bits per heavy atom. The van der Waals surface area contributed by atoms with Crippen molar-refractivity contribution >= 4 is 38.0 Å². The van der Waals surface area contributed by atoms with E-state index in [-0.39, 0.29) is 23.6 Å². The molecule has 4 rings (SSSR count). The molecule has 13 nitrogen and oxygen atoms in total. The number of nitrogens with two attached hydrogens (primary N) is 1. The molecule has 1 aliphatic carbocycles. The maximum Gasteiger partial charge on any atom is 0.320 e. The maximum atomic E-state index is 13.9. The van der Waals surface area contributed by atoms with E-state index >= 15 is 0 Å². The number of aliphatic hydroxyl groups is 4. The number of phenolic OH excluding ortho intramolecular Hbond substituents is 1. The topological polar surface area (TPSA) is 240 Å². The summed E-state index contributed by atoms with van der Waals surface area (Å²) >= 11 is 0. The van der Waals surface area contributed by atoms with Crippen LogP contribution in [0.1, 0.15) is 44.2 Å². The molecule has 1 saturated heterocycles. The number of rotatable bonds is 9. The number of carbonyl (C=O) groups is 4. The number of fused-ring (bicyclic) bond motifs is 3. The monoisotopic (exact) mass is 588 g/mol. The Hall–Kier alpha value is -3.56. The predicted molar refractivity (Wildman–Crippen MR) is 146 cm³/mol. The van der Waals surface area contributed by atoms with Crippen molar-refractivity contribution in [1.82, 2.24) is 10.6 Å². The molecule has 14 heteroatoms. The van der Waals surface area contributed by atoms with Crippen LogP contribution in [0.25, 0.3) is 5.76 Å². The van der Waals surface area contributed by atoms with Crippen molar-refractivity contribution in [1.29, 1.82) is 0 Å². The summed E-state index contributed by atoms with van der Waals surface area (Å²) in [5.74, 6) is -7.56. The average molecular weight is 589 g/mol. The third-order valence-electron chi connectivity index (χ3n) is 8.38. The number of amides is 1. The van der Waals surface area contributed by atoms with Crippen LogP contribution in [0.2, 0.25) is 11.6 Å². The lowest BCUT2D eigenvalue weighted by Crippen LogP contribution is -2.66. The fraction of sp³-hybridized carbons (Fsp3) is 0.481. The van der Waals surface area contributed by atoms with E-state index in [1.807, 2.05) is 0 Å². The molecule has 1 unspecified atom stereocenters. The molecule has 221 valence electrons. The Kier molecular flexibility index (Phi) is 8.17. The van der Waals surface area contributed by atoms with Crippen molar-refractivity contribution in [3.05, 3.63) is 46.2 Å². The third-order valence-corrected chi connectivity index (χ3v) is 11.9. The van der Waals surface area contributed by atoms with Crippen molar-refractivity contribution in [2.75, 3.05) is 13.2 Å². The molecule has 0 spiro atoms. The van der Waals surface area contributed by atoms with E-state index in [1.54, 1.807) is 0 Å². The number of Topliss-reactive ketones (excluding diaryl/α,β-unsaturated/α-hetero) is 2. The highest BCUT2D eigenvalue weighted by atomic mass is 28.3. The molecular weight excluding hydrogens is 554 g/mol. The zero-order valence-electron chi connectivity index (χ0n) is 22.6. The Labute approximate surface area is 237 Å². The van der Waals surface area contributed by atoms with Gasteiger partial charge in [-0.1, -0.05) is 25.5 Å². The molecule has 0 bridgehead atoms. The second-order valence-corrected chi connectivity index (χ2v) is 13.9. The van der Waals surface area contributed by atoms with Gasteiger partial charge in [-0.05, 0) is 44.0 Å². The summed E-state index contributed by atoms with van der Waals surface area (Å²) in [6, 6.07) is 3.07. The van der Waals surface area contributed by atoms with E-state index in [4.69, 9.17) is 5.73 Å². The van der Waals surface area contributed by atoms with Gasteiger partial charge in [0.05, 0.1) is 17.8 Å². The van der Waals surface area contributed by atoms with E-state index in [1.165, 1.54) is 32.0 Å². The number of hydrogen-bond acceptors (Lipinski definition) is 11. The minimum absolute atomic E-state index is 0.120. The molecule has 2 heterocycles. The Bertz CT molecular complexity index is 1370. The van der Waals surface area contributed by atoms with Crippen molar-refractivity contribution in [2.45, 2.75) is 61.6 Å². The van der Waals surface area contributed by atoms with Gasteiger partial charge >= 0.3 is 5.97 Å². The molecule has 1 radical (unpaired) electrons. The van der Waals surface area contributed by atoms with Crippen LogP contribution in [-0.2, 0) is 24.8 Å². The largest absolute Gasteiger partial charge is 0.508 e. The first-order valence-corrected chi connectivity index (χ1v) is 15.0. The van der Waals surface area contributed by atoms with Crippen molar-refractivity contribution < 1.29 is 49.8 Å². The summed E-state index contributed by atoms with van der Waals surface area (Å²) in [6.45, 7) is 2.83. The minimum Gasteiger partial charge on any atom is -0.508 e. The van der Waals surface area contributed by atoms with E-state index in [0.717, 1.165) is 0 Å². The van der Waals surface area contributed by atoms with Gasteiger partial charge in [0.2, 0.25) is 0 Å². The molecule has 3 aliphatic rings. The standard InChI is InChI=1S/C27H34N3O10Si/c1-12-20(32)19(24(36)30-11-29-15(25(37)38)7-3-4-9-28)23(35)27(40)22(34)18-14(10-41(12)27)26(2,39)13-6-5-8-16(31)17(13)21(18)33/h5-6,8,12,14-15,29,31,33,35,39-40H,3-4,7,9-11,28H2,1-2H3,(H,30,36)(H,37,38)/t12-,14+,15?,26-,27-/m1/s1. The lowest BCUT2D eigenvalue weighted by atomic mass is 9.69. The molecule has 1 amide bonds. The molecule has 0 saturated carbocycles. The normalized spacial score (nSPS) is 28.6. The zero-order valence-corrected chi connectivity index (χ0v) is 23.6. The van der Waals surface area contributed by atoms with E-state index in [0.29, 0.717) is 19.4 Å². The van der Waals surface area contributed by atoms with Gasteiger partial charge < -0.3 is 41.7 Å². The predicted octanol–water partition coefficient (Wildman–Crippen LogP) is -0.123. The van der Waals surface area contributed by atoms with Gasteiger partial charge in [0.1, 0.15) is 37.7 Å². The van der Waals surface area contributed by atoms with Crippen molar-refractivity contribution in [3.63, 3.8) is 0 Å². The van der Waals surface area contributed by atoms with Gasteiger partial charge in [-0.25, -0.2) is 0 Å². The van der Waals surface area contributed by atoms with Gasteiger partial charge in [0.25, 0.3) is 5.91 Å². The lowest BCUT2D eigenvalue weighted by molar-refractivity contribution is -0.140. The molecule has 2 aliphatic heterocycles. The van der Waals surface area contributed by atoms with E-state index in [2.05, 4.69) is 10.6 Å². The molecular formula is C27H34N3O10Si. The first kappa shape index (κ1) is 30.4. The maximum absolute atomic E-state index is 13.9.